The molecule has 3 rings (SSSR count). The average molecular weight is 486 g/mol. The number of sulfone groups is 1. The molecule has 30 heavy (non-hydrogen) atoms. The molecule has 0 aliphatic carbocycles. The number of amides is 1. The number of halogens is 1. The predicted octanol–water partition coefficient (Wildman–Crippen LogP) is 4.79. The summed E-state index contributed by atoms with van der Waals surface area (Å²) in [6.07, 6.45) is -0.217. The van der Waals surface area contributed by atoms with Crippen molar-refractivity contribution in [3.63, 3.8) is 0 Å². The van der Waals surface area contributed by atoms with Crippen molar-refractivity contribution >= 4 is 43.1 Å². The van der Waals surface area contributed by atoms with E-state index < -0.39 is 15.7 Å². The first kappa shape index (κ1) is 21.9. The quantitative estimate of drug-likeness (QED) is 0.487. The molecule has 0 radical (unpaired) electrons. The van der Waals surface area contributed by atoms with E-state index >= 15 is 0 Å². The molecule has 0 aliphatic rings. The molecule has 0 spiro atoms. The molecule has 0 atom stereocenters. The largest absolute Gasteiger partial charge is 0.325 e. The Labute approximate surface area is 184 Å². The molecular weight excluding hydrogens is 466 g/mol. The Hall–Kier alpha value is -2.77. The number of hydrogen-bond donors (Lipinski definition) is 1. The normalized spacial score (nSPS) is 11.1. The van der Waals surface area contributed by atoms with Crippen LogP contribution in [0, 0.1) is 6.92 Å². The summed E-state index contributed by atoms with van der Waals surface area (Å²) in [6, 6.07) is 20.2. The molecule has 0 heterocycles. The lowest BCUT2D eigenvalue weighted by Crippen LogP contribution is -2.19. The zero-order valence-corrected chi connectivity index (χ0v) is 18.7. The van der Waals surface area contributed by atoms with Gasteiger partial charge in [-0.1, -0.05) is 64.0 Å². The number of benzene rings is 3. The van der Waals surface area contributed by atoms with Crippen LogP contribution in [0.15, 0.2) is 82.2 Å². The molecule has 154 valence electrons. The molecule has 1 amide bonds. The lowest BCUT2D eigenvalue weighted by Gasteiger charge is -2.12. The fourth-order valence-corrected chi connectivity index (χ4v) is 4.46. The van der Waals surface area contributed by atoms with Gasteiger partial charge in [-0.15, -0.1) is 0 Å². The van der Waals surface area contributed by atoms with Crippen LogP contribution in [0.4, 0.5) is 5.69 Å². The van der Waals surface area contributed by atoms with E-state index in [2.05, 4.69) is 21.2 Å². The minimum absolute atomic E-state index is 0.185. The lowest BCUT2D eigenvalue weighted by atomic mass is 10.0. The number of carbonyl (C=O) groups excluding carboxylic acids is 2. The van der Waals surface area contributed by atoms with E-state index in [1.165, 1.54) is 12.1 Å². The summed E-state index contributed by atoms with van der Waals surface area (Å²) in [6.45, 7) is 1.87. The molecule has 5 nitrogen and oxygen atoms in total. The minimum Gasteiger partial charge on any atom is -0.325 e. The van der Waals surface area contributed by atoms with E-state index in [1.54, 1.807) is 54.6 Å². The number of nitrogens with one attached hydrogen (secondary N) is 1. The summed E-state index contributed by atoms with van der Waals surface area (Å²) in [5.74, 6) is -1.03. The molecule has 0 bridgehead atoms. The number of aryl methyl sites for hydroxylation is 1. The average Bonchev–Trinajstić information content (AvgIpc) is 2.74. The van der Waals surface area contributed by atoms with Gasteiger partial charge in [0.05, 0.1) is 16.3 Å². The number of hydrogen-bond acceptors (Lipinski definition) is 4. The van der Waals surface area contributed by atoms with Gasteiger partial charge in [-0.25, -0.2) is 8.42 Å². The number of rotatable bonds is 7. The second-order valence-electron chi connectivity index (χ2n) is 6.82. The zero-order valence-electron chi connectivity index (χ0n) is 16.3. The molecule has 0 aromatic heterocycles. The first-order valence-electron chi connectivity index (χ1n) is 9.25. The lowest BCUT2D eigenvalue weighted by molar-refractivity contribution is -0.115. The van der Waals surface area contributed by atoms with Crippen molar-refractivity contribution < 1.29 is 18.0 Å². The first-order chi connectivity index (χ1) is 14.3. The second kappa shape index (κ2) is 9.36. The molecule has 0 fully saturated rings. The van der Waals surface area contributed by atoms with E-state index in [-0.39, 0.29) is 22.9 Å². The summed E-state index contributed by atoms with van der Waals surface area (Å²) < 4.78 is 25.6. The standard InChI is InChI=1S/C23H20BrNO4S/c1-16-7-10-19(11-8-16)30(28,29)14-13-22(26)25-21-12-9-18(24)15-20(21)23(27)17-5-3-2-4-6-17/h2-12,15H,13-14H2,1H3,(H,25,26). The summed E-state index contributed by atoms with van der Waals surface area (Å²) >= 11 is 3.35. The van der Waals surface area contributed by atoms with Gasteiger partial charge in [-0.3, -0.25) is 9.59 Å². The van der Waals surface area contributed by atoms with E-state index in [0.717, 1.165) is 5.56 Å². The van der Waals surface area contributed by atoms with E-state index in [0.29, 0.717) is 21.3 Å². The molecule has 0 unspecified atom stereocenters. The van der Waals surface area contributed by atoms with Crippen LogP contribution in [0.3, 0.4) is 0 Å². The topological polar surface area (TPSA) is 80.3 Å². The van der Waals surface area contributed by atoms with Crippen molar-refractivity contribution in [3.8, 4) is 0 Å². The summed E-state index contributed by atoms with van der Waals surface area (Å²) in [4.78, 5) is 25.5. The third-order valence-corrected chi connectivity index (χ3v) is 6.74. The number of carbonyl (C=O) groups is 2. The Kier molecular flexibility index (Phi) is 6.84. The Morgan fingerprint density at radius 2 is 1.60 bits per heavy atom. The maximum atomic E-state index is 12.9. The second-order valence-corrected chi connectivity index (χ2v) is 9.84. The van der Waals surface area contributed by atoms with Crippen LogP contribution in [-0.2, 0) is 14.6 Å². The van der Waals surface area contributed by atoms with Gasteiger partial charge in [-0.05, 0) is 37.3 Å². The van der Waals surface area contributed by atoms with Gasteiger partial charge in [-0.2, -0.15) is 0 Å². The first-order valence-corrected chi connectivity index (χ1v) is 11.7. The highest BCUT2D eigenvalue weighted by Crippen LogP contribution is 2.24. The fourth-order valence-electron chi connectivity index (χ4n) is 2.86. The third-order valence-electron chi connectivity index (χ3n) is 4.51. The maximum Gasteiger partial charge on any atom is 0.225 e. The molecule has 3 aromatic carbocycles. The SMILES string of the molecule is Cc1ccc(S(=O)(=O)CCC(=O)Nc2ccc(Br)cc2C(=O)c2ccccc2)cc1. The van der Waals surface area contributed by atoms with E-state index in [1.807, 2.05) is 13.0 Å². The van der Waals surface area contributed by atoms with Crippen molar-refractivity contribution in [2.45, 2.75) is 18.2 Å². The van der Waals surface area contributed by atoms with Crippen molar-refractivity contribution in [3.05, 3.63) is 94.0 Å². The molecular formula is C23H20BrNO4S. The smallest absolute Gasteiger partial charge is 0.225 e. The van der Waals surface area contributed by atoms with E-state index in [9.17, 15) is 18.0 Å². The van der Waals surface area contributed by atoms with Crippen LogP contribution in [0.5, 0.6) is 0 Å². The van der Waals surface area contributed by atoms with E-state index in [4.69, 9.17) is 0 Å². The number of ketones is 1. The molecule has 0 saturated heterocycles. The van der Waals surface area contributed by atoms with Crippen LogP contribution in [0.25, 0.3) is 0 Å². The van der Waals surface area contributed by atoms with Gasteiger partial charge >= 0.3 is 0 Å². The number of anilines is 1. The van der Waals surface area contributed by atoms with Gasteiger partial charge < -0.3 is 5.32 Å². The monoisotopic (exact) mass is 485 g/mol. The molecule has 0 aliphatic heterocycles. The minimum atomic E-state index is -3.58. The Bertz CT molecular complexity index is 1170. The van der Waals surface area contributed by atoms with Crippen molar-refractivity contribution in [2.75, 3.05) is 11.1 Å². The zero-order chi connectivity index (χ0) is 21.7. The third kappa shape index (κ3) is 5.43. The van der Waals surface area contributed by atoms with Gasteiger partial charge in [0, 0.05) is 22.0 Å². The summed E-state index contributed by atoms with van der Waals surface area (Å²) in [5.41, 5.74) is 2.11. The summed E-state index contributed by atoms with van der Waals surface area (Å²) in [7, 11) is -3.58. The highest BCUT2D eigenvalue weighted by Gasteiger charge is 2.19. The van der Waals surface area contributed by atoms with Crippen molar-refractivity contribution in [1.29, 1.82) is 0 Å². The maximum absolute atomic E-state index is 12.9. The van der Waals surface area contributed by atoms with Crippen molar-refractivity contribution in [1.82, 2.24) is 0 Å². The van der Waals surface area contributed by atoms with Crippen LogP contribution in [0.2, 0.25) is 0 Å². The van der Waals surface area contributed by atoms with Crippen molar-refractivity contribution in [2.24, 2.45) is 0 Å². The van der Waals surface area contributed by atoms with Crippen LogP contribution >= 0.6 is 15.9 Å². The van der Waals surface area contributed by atoms with Crippen LogP contribution in [0.1, 0.15) is 27.9 Å². The highest BCUT2D eigenvalue weighted by molar-refractivity contribution is 9.10. The molecule has 3 aromatic rings. The highest BCUT2D eigenvalue weighted by atomic mass is 79.9. The molecule has 1 N–H and O–H groups in total. The Morgan fingerprint density at radius 1 is 0.933 bits per heavy atom. The molecule has 7 heteroatoms. The van der Waals surface area contributed by atoms with Gasteiger partial charge in [0.1, 0.15) is 0 Å². The van der Waals surface area contributed by atoms with Gasteiger partial charge in [0.15, 0.2) is 15.6 Å². The Morgan fingerprint density at radius 3 is 2.27 bits per heavy atom. The van der Waals surface area contributed by atoms with Gasteiger partial charge in [0.2, 0.25) is 5.91 Å². The summed E-state index contributed by atoms with van der Waals surface area (Å²) in [5, 5.41) is 2.68. The van der Waals surface area contributed by atoms with Crippen LogP contribution < -0.4 is 5.32 Å². The predicted molar refractivity (Wildman–Crippen MR) is 120 cm³/mol. The fraction of sp³-hybridized carbons (Fsp3) is 0.130. The Balaban J connectivity index is 1.74. The van der Waals surface area contributed by atoms with Gasteiger partial charge in [0.25, 0.3) is 0 Å². The molecule has 0 saturated carbocycles. The van der Waals surface area contributed by atoms with Crippen LogP contribution in [-0.4, -0.2) is 25.9 Å².